The lowest BCUT2D eigenvalue weighted by molar-refractivity contribution is -0.135. The molecule has 3 aromatic rings. The molecule has 0 radical (unpaired) electrons. The molecule has 0 atom stereocenters. The van der Waals surface area contributed by atoms with E-state index in [-0.39, 0.29) is 31.3 Å². The zero-order valence-corrected chi connectivity index (χ0v) is 17.0. The van der Waals surface area contributed by atoms with Gasteiger partial charge in [0, 0.05) is 12.5 Å². The van der Waals surface area contributed by atoms with Gasteiger partial charge in [-0.3, -0.25) is 9.59 Å². The van der Waals surface area contributed by atoms with Crippen LogP contribution in [0.4, 0.5) is 4.79 Å². The maximum Gasteiger partial charge on any atom is 0.407 e. The molecule has 1 aromatic heterocycles. The number of amides is 2. The van der Waals surface area contributed by atoms with Gasteiger partial charge in [0.1, 0.15) is 13.2 Å². The number of aliphatic carboxylic acids is 1. The second-order valence-corrected chi connectivity index (χ2v) is 7.20. The lowest BCUT2D eigenvalue weighted by Gasteiger charge is -2.14. The van der Waals surface area contributed by atoms with Crippen LogP contribution < -0.4 is 10.6 Å². The van der Waals surface area contributed by atoms with Crippen molar-refractivity contribution in [3.63, 3.8) is 0 Å². The highest BCUT2D eigenvalue weighted by Crippen LogP contribution is 2.44. The molecule has 10 heteroatoms. The summed E-state index contributed by atoms with van der Waals surface area (Å²) in [4.78, 5) is 34.4. The lowest BCUT2D eigenvalue weighted by Crippen LogP contribution is -2.29. The van der Waals surface area contributed by atoms with Gasteiger partial charge in [-0.1, -0.05) is 53.7 Å². The van der Waals surface area contributed by atoms with E-state index < -0.39 is 24.5 Å². The van der Waals surface area contributed by atoms with Gasteiger partial charge in [0.05, 0.1) is 12.7 Å². The Bertz CT molecular complexity index is 1110. The molecule has 0 saturated heterocycles. The topological polar surface area (TPSA) is 135 Å². The van der Waals surface area contributed by atoms with Gasteiger partial charge in [-0.15, -0.1) is 5.10 Å². The second-order valence-electron chi connectivity index (χ2n) is 7.20. The monoisotopic (exact) mass is 435 g/mol. The van der Waals surface area contributed by atoms with Gasteiger partial charge in [-0.25, -0.2) is 9.48 Å². The largest absolute Gasteiger partial charge is 0.480 e. The van der Waals surface area contributed by atoms with Gasteiger partial charge in [-0.05, 0) is 22.3 Å². The predicted molar refractivity (Wildman–Crippen MR) is 113 cm³/mol. The average Bonchev–Trinajstić information content (AvgIpc) is 3.39. The molecule has 4 rings (SSSR count). The molecule has 0 spiro atoms. The van der Waals surface area contributed by atoms with Gasteiger partial charge in [0.25, 0.3) is 5.91 Å². The van der Waals surface area contributed by atoms with E-state index in [1.807, 2.05) is 24.3 Å². The van der Waals surface area contributed by atoms with Crippen molar-refractivity contribution in [2.24, 2.45) is 0 Å². The molecule has 0 unspecified atom stereocenters. The first-order chi connectivity index (χ1) is 15.5. The van der Waals surface area contributed by atoms with Crippen LogP contribution in [0.2, 0.25) is 0 Å². The molecule has 2 amide bonds. The number of carbonyl (C=O) groups is 3. The molecule has 164 valence electrons. The summed E-state index contributed by atoms with van der Waals surface area (Å²) in [5.41, 5.74) is 4.58. The Kier molecular flexibility index (Phi) is 6.11. The average molecular weight is 435 g/mol. The van der Waals surface area contributed by atoms with Crippen molar-refractivity contribution in [1.82, 2.24) is 25.6 Å². The molecule has 0 aliphatic heterocycles. The van der Waals surface area contributed by atoms with Crippen molar-refractivity contribution in [3.05, 3.63) is 71.5 Å². The van der Waals surface area contributed by atoms with E-state index in [1.165, 1.54) is 10.9 Å². The summed E-state index contributed by atoms with van der Waals surface area (Å²) < 4.78 is 6.83. The first kappa shape index (κ1) is 21.0. The fourth-order valence-electron chi connectivity index (χ4n) is 3.68. The van der Waals surface area contributed by atoms with Gasteiger partial charge in [-0.2, -0.15) is 0 Å². The van der Waals surface area contributed by atoms with E-state index in [4.69, 9.17) is 9.84 Å². The predicted octanol–water partition coefficient (Wildman–Crippen LogP) is 1.63. The van der Waals surface area contributed by atoms with E-state index in [9.17, 15) is 14.4 Å². The summed E-state index contributed by atoms with van der Waals surface area (Å²) in [5, 5.41) is 20.9. The normalized spacial score (nSPS) is 12.0. The van der Waals surface area contributed by atoms with Crippen LogP contribution in [0.3, 0.4) is 0 Å². The number of carboxylic acids is 1. The minimum absolute atomic E-state index is 0.00705. The molecule has 1 heterocycles. The number of nitrogens with zero attached hydrogens (tertiary/aromatic N) is 3. The van der Waals surface area contributed by atoms with Crippen LogP contribution in [-0.2, 0) is 16.1 Å². The van der Waals surface area contributed by atoms with E-state index in [1.54, 1.807) is 0 Å². The maximum atomic E-state index is 12.2. The Hall–Kier alpha value is -4.21. The molecular weight excluding hydrogens is 414 g/mol. The van der Waals surface area contributed by atoms with E-state index in [0.717, 1.165) is 22.3 Å². The van der Waals surface area contributed by atoms with Crippen molar-refractivity contribution in [2.45, 2.75) is 12.5 Å². The maximum absolute atomic E-state index is 12.2. The Morgan fingerprint density at radius 2 is 1.66 bits per heavy atom. The van der Waals surface area contributed by atoms with E-state index in [2.05, 4.69) is 45.2 Å². The Morgan fingerprint density at radius 3 is 2.31 bits per heavy atom. The molecule has 10 nitrogen and oxygen atoms in total. The standard InChI is InChI=1S/C22H21N5O5/c28-20(29)11-24-21(30)19-12-27(26-25-19)10-9-23-22(31)32-13-18-16-7-3-1-5-14(16)15-6-2-4-8-17(15)18/h1-8,12,18H,9-11,13H2,(H,23,31)(H,24,30)(H,28,29). The second kappa shape index (κ2) is 9.29. The highest BCUT2D eigenvalue weighted by molar-refractivity contribution is 5.93. The van der Waals surface area contributed by atoms with E-state index >= 15 is 0 Å². The molecule has 3 N–H and O–H groups in total. The number of carboxylic acid groups (broad SMARTS) is 1. The number of rotatable bonds is 8. The van der Waals surface area contributed by atoms with Crippen LogP contribution in [-0.4, -0.2) is 57.8 Å². The highest BCUT2D eigenvalue weighted by Gasteiger charge is 2.28. The van der Waals surface area contributed by atoms with Crippen molar-refractivity contribution in [3.8, 4) is 11.1 Å². The molecule has 1 aliphatic rings. The number of aromatic nitrogens is 3. The third-order valence-corrected chi connectivity index (χ3v) is 5.13. The number of alkyl carbamates (subject to hydrolysis) is 1. The summed E-state index contributed by atoms with van der Waals surface area (Å²) in [6.45, 7) is 0.200. The van der Waals surface area contributed by atoms with Crippen molar-refractivity contribution >= 4 is 18.0 Å². The van der Waals surface area contributed by atoms with Crippen molar-refractivity contribution in [1.29, 1.82) is 0 Å². The van der Waals surface area contributed by atoms with Gasteiger partial charge >= 0.3 is 12.1 Å². The van der Waals surface area contributed by atoms with Gasteiger partial charge in [0.15, 0.2) is 5.69 Å². The highest BCUT2D eigenvalue weighted by atomic mass is 16.5. The summed E-state index contributed by atoms with van der Waals surface area (Å²) in [6.07, 6.45) is 0.822. The summed E-state index contributed by atoms with van der Waals surface area (Å²) in [6, 6.07) is 16.2. The van der Waals surface area contributed by atoms with Crippen molar-refractivity contribution in [2.75, 3.05) is 19.7 Å². The van der Waals surface area contributed by atoms with Crippen LogP contribution in [0.1, 0.15) is 27.5 Å². The van der Waals surface area contributed by atoms with Crippen LogP contribution in [0.5, 0.6) is 0 Å². The quantitative estimate of drug-likeness (QED) is 0.489. The number of hydrogen-bond donors (Lipinski definition) is 3. The van der Waals surface area contributed by atoms with Gasteiger partial charge in [0.2, 0.25) is 0 Å². The minimum Gasteiger partial charge on any atom is -0.480 e. The Balaban J connectivity index is 1.26. The van der Waals surface area contributed by atoms with Crippen LogP contribution in [0, 0.1) is 0 Å². The number of ether oxygens (including phenoxy) is 1. The lowest BCUT2D eigenvalue weighted by atomic mass is 9.98. The number of hydrogen-bond acceptors (Lipinski definition) is 6. The zero-order valence-electron chi connectivity index (χ0n) is 17.0. The summed E-state index contributed by atoms with van der Waals surface area (Å²) in [5.74, 6) is -1.81. The smallest absolute Gasteiger partial charge is 0.407 e. The Morgan fingerprint density at radius 1 is 1.00 bits per heavy atom. The molecule has 1 aliphatic carbocycles. The SMILES string of the molecule is O=C(O)CNC(=O)c1cn(CCNC(=O)OCC2c3ccccc3-c3ccccc32)nn1. The molecule has 2 aromatic carbocycles. The molecular formula is C22H21N5O5. The Labute approximate surface area is 183 Å². The number of fused-ring (bicyclic) bond motifs is 3. The van der Waals surface area contributed by atoms with E-state index in [0.29, 0.717) is 0 Å². The van der Waals surface area contributed by atoms with Crippen LogP contribution >= 0.6 is 0 Å². The molecule has 32 heavy (non-hydrogen) atoms. The number of benzene rings is 2. The third-order valence-electron chi connectivity index (χ3n) is 5.13. The zero-order chi connectivity index (χ0) is 22.5. The number of carbonyl (C=O) groups excluding carboxylic acids is 2. The summed E-state index contributed by atoms with van der Waals surface area (Å²) >= 11 is 0. The third kappa shape index (κ3) is 4.59. The summed E-state index contributed by atoms with van der Waals surface area (Å²) in [7, 11) is 0. The van der Waals surface area contributed by atoms with Crippen molar-refractivity contribution < 1.29 is 24.2 Å². The molecule has 0 bridgehead atoms. The molecule has 0 fully saturated rings. The number of nitrogens with one attached hydrogen (secondary N) is 2. The molecule has 0 saturated carbocycles. The first-order valence-electron chi connectivity index (χ1n) is 10.0. The van der Waals surface area contributed by atoms with Crippen LogP contribution in [0.25, 0.3) is 11.1 Å². The van der Waals surface area contributed by atoms with Gasteiger partial charge < -0.3 is 20.5 Å². The fraction of sp³-hybridized carbons (Fsp3) is 0.227. The first-order valence-corrected chi connectivity index (χ1v) is 10.0. The fourth-order valence-corrected chi connectivity index (χ4v) is 3.68. The van der Waals surface area contributed by atoms with Crippen LogP contribution in [0.15, 0.2) is 54.7 Å². The minimum atomic E-state index is -1.15.